The van der Waals surface area contributed by atoms with Gasteiger partial charge in [0, 0.05) is 82.8 Å². The number of hydrogen-bond donors (Lipinski definition) is 0. The van der Waals surface area contributed by atoms with E-state index in [1.165, 1.54) is 13.8 Å². The SMILES string of the molecule is CCN1C[C@]2(COC)CC[C@H](OC)[C@@]34[C@@H]5C[C@H]6[C@H](OC(C)=O)[C@@H]5[C@](OC(C)=O)(C[C@@H]6OC)[C@@H](C[C@H]23)[C@H]14. The van der Waals surface area contributed by atoms with E-state index in [1.54, 1.807) is 7.11 Å². The Labute approximate surface area is 214 Å². The van der Waals surface area contributed by atoms with E-state index >= 15 is 0 Å². The Hall–Kier alpha value is -1.22. The van der Waals surface area contributed by atoms with Crippen LogP contribution in [-0.4, -0.2) is 87.8 Å². The monoisotopic (exact) mass is 505 g/mol. The molecule has 0 aromatic carbocycles. The second kappa shape index (κ2) is 8.39. The summed E-state index contributed by atoms with van der Waals surface area (Å²) in [5.41, 5.74) is -0.752. The molecule has 5 saturated carbocycles. The second-order valence-electron chi connectivity index (χ2n) is 12.6. The summed E-state index contributed by atoms with van der Waals surface area (Å²) in [6.45, 7) is 7.97. The van der Waals surface area contributed by atoms with E-state index in [0.29, 0.717) is 12.3 Å². The number of ether oxygens (including phenoxy) is 5. The Balaban J connectivity index is 1.60. The molecule has 0 aromatic heterocycles. The molecular formula is C28H43NO7. The molecule has 0 N–H and O–H groups in total. The van der Waals surface area contributed by atoms with Crippen LogP contribution in [0.2, 0.25) is 0 Å². The molecule has 0 radical (unpaired) electrons. The largest absolute Gasteiger partial charge is 0.462 e. The van der Waals surface area contributed by atoms with Gasteiger partial charge in [0.2, 0.25) is 0 Å². The van der Waals surface area contributed by atoms with Crippen LogP contribution in [0.1, 0.15) is 52.9 Å². The lowest BCUT2D eigenvalue weighted by Gasteiger charge is -2.69. The highest BCUT2D eigenvalue weighted by Crippen LogP contribution is 2.79. The summed E-state index contributed by atoms with van der Waals surface area (Å²) in [6, 6.07) is 0.260. The zero-order chi connectivity index (χ0) is 25.6. The van der Waals surface area contributed by atoms with E-state index in [2.05, 4.69) is 11.8 Å². The van der Waals surface area contributed by atoms with Crippen LogP contribution in [0.4, 0.5) is 0 Å². The molecule has 6 fully saturated rings. The van der Waals surface area contributed by atoms with Gasteiger partial charge < -0.3 is 23.7 Å². The Morgan fingerprint density at radius 3 is 2.42 bits per heavy atom. The first-order valence-electron chi connectivity index (χ1n) is 13.9. The van der Waals surface area contributed by atoms with E-state index in [4.69, 9.17) is 23.7 Å². The van der Waals surface area contributed by atoms with Crippen LogP contribution in [0, 0.1) is 40.4 Å². The van der Waals surface area contributed by atoms with Gasteiger partial charge in [-0.3, -0.25) is 14.5 Å². The molecule has 1 saturated heterocycles. The topological polar surface area (TPSA) is 83.5 Å². The number of carbonyl (C=O) groups excluding carboxylic acids is 2. The standard InChI is InChI=1S/C28H43NO7/c1-7-29-13-26(14-32-4)9-8-22(34-6)28-18-10-17-20(33-5)12-27(36-16(3)31,19(25(28)29)11-21(26)28)23(18)24(17)35-15(2)30/h17-25H,7-14H2,1-6H3/t17-,18-,19+,20+,21-,22+,23-,24+,25+,26+,27+,28-/m1/s1. The number of piperidine rings is 1. The van der Waals surface area contributed by atoms with Crippen LogP contribution in [0.5, 0.6) is 0 Å². The van der Waals surface area contributed by atoms with Crippen LogP contribution >= 0.6 is 0 Å². The first-order chi connectivity index (χ1) is 17.2. The van der Waals surface area contributed by atoms with Crippen molar-refractivity contribution in [3.63, 3.8) is 0 Å². The maximum Gasteiger partial charge on any atom is 0.303 e. The number of methoxy groups -OCH3 is 3. The van der Waals surface area contributed by atoms with Crippen molar-refractivity contribution in [2.45, 2.75) is 82.8 Å². The molecule has 6 rings (SSSR count). The van der Waals surface area contributed by atoms with Crippen LogP contribution in [-0.2, 0) is 33.3 Å². The minimum Gasteiger partial charge on any atom is -0.462 e. The summed E-state index contributed by atoms with van der Waals surface area (Å²) in [7, 11) is 5.45. The third-order valence-corrected chi connectivity index (χ3v) is 11.7. The molecule has 5 aliphatic carbocycles. The minimum atomic E-state index is -0.716. The van der Waals surface area contributed by atoms with Crippen LogP contribution < -0.4 is 0 Å². The fourth-order valence-corrected chi connectivity index (χ4v) is 11.4. The minimum absolute atomic E-state index is 0.0410. The maximum atomic E-state index is 12.8. The molecule has 0 amide bonds. The van der Waals surface area contributed by atoms with Gasteiger partial charge in [-0.1, -0.05) is 6.92 Å². The number of hydrogen-bond acceptors (Lipinski definition) is 8. The first kappa shape index (κ1) is 25.1. The predicted octanol–water partition coefficient (Wildman–Crippen LogP) is 2.67. The Bertz CT molecular complexity index is 928. The lowest BCUT2D eigenvalue weighted by molar-refractivity contribution is -0.281. The molecular weight excluding hydrogens is 462 g/mol. The smallest absolute Gasteiger partial charge is 0.303 e. The molecule has 6 aliphatic rings. The lowest BCUT2D eigenvalue weighted by atomic mass is 9.43. The molecule has 1 spiro atoms. The van der Waals surface area contributed by atoms with E-state index in [9.17, 15) is 9.59 Å². The summed E-state index contributed by atoms with van der Waals surface area (Å²) in [5.74, 6) is 0.300. The Morgan fingerprint density at radius 2 is 1.81 bits per heavy atom. The molecule has 7 bridgehead atoms. The quantitative estimate of drug-likeness (QED) is 0.489. The molecule has 1 heterocycles. The zero-order valence-corrected chi connectivity index (χ0v) is 22.7. The first-order valence-corrected chi connectivity index (χ1v) is 13.9. The van der Waals surface area contributed by atoms with E-state index < -0.39 is 5.60 Å². The fraction of sp³-hybridized carbons (Fsp3) is 0.929. The van der Waals surface area contributed by atoms with E-state index in [-0.39, 0.29) is 70.8 Å². The second-order valence-corrected chi connectivity index (χ2v) is 12.6. The summed E-state index contributed by atoms with van der Waals surface area (Å²) in [5, 5.41) is 0. The molecule has 8 nitrogen and oxygen atoms in total. The normalized spacial score (nSPS) is 52.2. The number of fused-ring (bicyclic) bond motifs is 2. The molecule has 36 heavy (non-hydrogen) atoms. The highest BCUT2D eigenvalue weighted by Gasteiger charge is 2.85. The predicted molar refractivity (Wildman–Crippen MR) is 130 cm³/mol. The van der Waals surface area contributed by atoms with E-state index in [0.717, 1.165) is 45.4 Å². The highest BCUT2D eigenvalue weighted by atomic mass is 16.6. The Kier molecular flexibility index (Phi) is 5.84. The van der Waals surface area contributed by atoms with Gasteiger partial charge in [0.25, 0.3) is 0 Å². The van der Waals surface area contributed by atoms with Crippen molar-refractivity contribution in [1.82, 2.24) is 4.90 Å². The molecule has 0 unspecified atom stereocenters. The number of rotatable bonds is 7. The summed E-state index contributed by atoms with van der Waals surface area (Å²) >= 11 is 0. The van der Waals surface area contributed by atoms with Crippen LogP contribution in [0.15, 0.2) is 0 Å². The van der Waals surface area contributed by atoms with Gasteiger partial charge in [-0.25, -0.2) is 0 Å². The van der Waals surface area contributed by atoms with Crippen molar-refractivity contribution in [3.05, 3.63) is 0 Å². The number of carbonyl (C=O) groups is 2. The zero-order valence-electron chi connectivity index (χ0n) is 22.7. The van der Waals surface area contributed by atoms with Crippen molar-refractivity contribution >= 4 is 11.9 Å². The van der Waals surface area contributed by atoms with Crippen molar-refractivity contribution in [2.75, 3.05) is 41.0 Å². The van der Waals surface area contributed by atoms with Crippen molar-refractivity contribution in [3.8, 4) is 0 Å². The van der Waals surface area contributed by atoms with Gasteiger partial charge in [-0.05, 0) is 44.1 Å². The van der Waals surface area contributed by atoms with Gasteiger partial charge in [0.1, 0.15) is 11.7 Å². The summed E-state index contributed by atoms with van der Waals surface area (Å²) in [6.07, 6.45) is 4.35. The Morgan fingerprint density at radius 1 is 1.03 bits per heavy atom. The highest BCUT2D eigenvalue weighted by molar-refractivity contribution is 5.67. The number of nitrogens with zero attached hydrogens (tertiary/aromatic N) is 1. The van der Waals surface area contributed by atoms with Gasteiger partial charge in [0.15, 0.2) is 0 Å². The third-order valence-electron chi connectivity index (χ3n) is 11.7. The average molecular weight is 506 g/mol. The fourth-order valence-electron chi connectivity index (χ4n) is 11.4. The van der Waals surface area contributed by atoms with Gasteiger partial charge in [-0.2, -0.15) is 0 Å². The maximum absolute atomic E-state index is 12.8. The van der Waals surface area contributed by atoms with Gasteiger partial charge in [0.05, 0.1) is 18.8 Å². The van der Waals surface area contributed by atoms with Crippen molar-refractivity contribution in [1.29, 1.82) is 0 Å². The van der Waals surface area contributed by atoms with Crippen molar-refractivity contribution in [2.24, 2.45) is 40.4 Å². The van der Waals surface area contributed by atoms with Crippen LogP contribution in [0.3, 0.4) is 0 Å². The van der Waals surface area contributed by atoms with E-state index in [1.807, 2.05) is 14.2 Å². The molecule has 1 aliphatic heterocycles. The number of likely N-dealkylation sites (tertiary alicyclic amines) is 1. The summed E-state index contributed by atoms with van der Waals surface area (Å²) < 4.78 is 31.1. The summed E-state index contributed by atoms with van der Waals surface area (Å²) in [4.78, 5) is 27.9. The molecule has 202 valence electrons. The van der Waals surface area contributed by atoms with Gasteiger partial charge >= 0.3 is 11.9 Å². The number of esters is 2. The third kappa shape index (κ3) is 2.85. The lowest BCUT2D eigenvalue weighted by Crippen LogP contribution is -2.77. The molecule has 12 atom stereocenters. The molecule has 0 aromatic rings. The molecule has 8 heteroatoms. The van der Waals surface area contributed by atoms with Crippen molar-refractivity contribution < 1.29 is 33.3 Å². The van der Waals surface area contributed by atoms with Gasteiger partial charge in [-0.15, -0.1) is 0 Å². The van der Waals surface area contributed by atoms with Crippen LogP contribution in [0.25, 0.3) is 0 Å². The average Bonchev–Trinajstić information content (AvgIpc) is 3.26.